The number of alkyl halides is 1. The van der Waals surface area contributed by atoms with Gasteiger partial charge in [-0.15, -0.1) is 0 Å². The lowest BCUT2D eigenvalue weighted by Crippen LogP contribution is -2.32. The van der Waals surface area contributed by atoms with E-state index in [9.17, 15) is 8.42 Å². The van der Waals surface area contributed by atoms with Gasteiger partial charge >= 0.3 is 0 Å². The summed E-state index contributed by atoms with van der Waals surface area (Å²) in [6.07, 6.45) is 3.50. The lowest BCUT2D eigenvalue weighted by atomic mass is 10.1. The van der Waals surface area contributed by atoms with Crippen molar-refractivity contribution < 1.29 is 8.42 Å². The third-order valence-corrected chi connectivity index (χ3v) is 5.08. The summed E-state index contributed by atoms with van der Waals surface area (Å²) in [5.41, 5.74) is 0. The molecule has 0 saturated heterocycles. The zero-order chi connectivity index (χ0) is 9.90. The van der Waals surface area contributed by atoms with Crippen molar-refractivity contribution in [3.05, 3.63) is 0 Å². The average molecular weight is 270 g/mol. The lowest BCUT2D eigenvalue weighted by molar-refractivity contribution is 0.530. The molecule has 1 rings (SSSR count). The molecular weight excluding hydrogens is 254 g/mol. The van der Waals surface area contributed by atoms with Gasteiger partial charge in [-0.05, 0) is 25.7 Å². The van der Waals surface area contributed by atoms with Gasteiger partial charge in [0.1, 0.15) is 0 Å². The summed E-state index contributed by atoms with van der Waals surface area (Å²) < 4.78 is 24.9. The van der Waals surface area contributed by atoms with Gasteiger partial charge in [0.2, 0.25) is 10.0 Å². The van der Waals surface area contributed by atoms with E-state index >= 15 is 0 Å². The second-order valence-corrected chi connectivity index (χ2v) is 6.73. The Morgan fingerprint density at radius 2 is 2.15 bits per heavy atom. The molecule has 2 atom stereocenters. The van der Waals surface area contributed by atoms with Crippen molar-refractivity contribution in [3.63, 3.8) is 0 Å². The molecule has 0 bridgehead atoms. The molecule has 3 nitrogen and oxygen atoms in total. The third-order valence-electron chi connectivity index (χ3n) is 2.51. The number of nitrogens with one attached hydrogen (secondary N) is 1. The fourth-order valence-corrected chi connectivity index (χ4v) is 3.00. The van der Waals surface area contributed by atoms with E-state index in [1.807, 2.05) is 0 Å². The Balaban J connectivity index is 2.34. The highest BCUT2D eigenvalue weighted by molar-refractivity contribution is 9.09. The standard InChI is InChI=1S/C8H16BrNO2S/c1-2-13(11,12)10-6-7-4-3-5-8(7)9/h7-8,10H,2-6H2,1H3. The van der Waals surface area contributed by atoms with E-state index in [1.165, 1.54) is 12.8 Å². The molecule has 0 heterocycles. The summed E-state index contributed by atoms with van der Waals surface area (Å²) in [6.45, 7) is 2.24. The van der Waals surface area contributed by atoms with Gasteiger partial charge in [-0.3, -0.25) is 0 Å². The predicted molar refractivity (Wildman–Crippen MR) is 57.5 cm³/mol. The summed E-state index contributed by atoms with van der Waals surface area (Å²) in [4.78, 5) is 0.493. The molecule has 5 heteroatoms. The Bertz CT molecular complexity index is 253. The minimum Gasteiger partial charge on any atom is -0.215 e. The summed E-state index contributed by atoms with van der Waals surface area (Å²) in [7, 11) is -3.00. The molecule has 0 spiro atoms. The molecule has 1 N–H and O–H groups in total. The van der Waals surface area contributed by atoms with Crippen LogP contribution in [0.3, 0.4) is 0 Å². The molecular formula is C8H16BrNO2S. The minimum atomic E-state index is -3.00. The highest BCUT2D eigenvalue weighted by atomic mass is 79.9. The van der Waals surface area contributed by atoms with E-state index in [2.05, 4.69) is 20.7 Å². The molecule has 78 valence electrons. The molecule has 1 fully saturated rings. The van der Waals surface area contributed by atoms with E-state index in [-0.39, 0.29) is 5.75 Å². The zero-order valence-electron chi connectivity index (χ0n) is 7.79. The molecule has 0 aromatic carbocycles. The molecule has 0 radical (unpaired) electrons. The molecule has 1 saturated carbocycles. The molecule has 2 unspecified atom stereocenters. The first kappa shape index (κ1) is 11.5. The maximum absolute atomic E-state index is 11.1. The number of halogens is 1. The van der Waals surface area contributed by atoms with Crippen LogP contribution in [0.2, 0.25) is 0 Å². The van der Waals surface area contributed by atoms with Gasteiger partial charge in [0.25, 0.3) is 0 Å². The Hall–Kier alpha value is 0.390. The Morgan fingerprint density at radius 3 is 2.62 bits per heavy atom. The van der Waals surface area contributed by atoms with E-state index in [1.54, 1.807) is 6.92 Å². The normalized spacial score (nSPS) is 29.4. The van der Waals surface area contributed by atoms with Crippen LogP contribution in [0.4, 0.5) is 0 Å². The van der Waals surface area contributed by atoms with Gasteiger partial charge in [-0.2, -0.15) is 0 Å². The Labute approximate surface area is 88.5 Å². The number of rotatable bonds is 4. The first-order chi connectivity index (χ1) is 6.05. The predicted octanol–water partition coefficient (Wildman–Crippen LogP) is 1.49. The van der Waals surface area contributed by atoms with Crippen LogP contribution < -0.4 is 4.72 Å². The van der Waals surface area contributed by atoms with Gasteiger partial charge < -0.3 is 0 Å². The van der Waals surface area contributed by atoms with Crippen molar-refractivity contribution in [3.8, 4) is 0 Å². The van der Waals surface area contributed by atoms with Crippen LogP contribution in [0.1, 0.15) is 26.2 Å². The summed E-state index contributed by atoms with van der Waals surface area (Å²) in [6, 6.07) is 0. The van der Waals surface area contributed by atoms with Crippen LogP contribution in [0.5, 0.6) is 0 Å². The number of hydrogen-bond acceptors (Lipinski definition) is 2. The quantitative estimate of drug-likeness (QED) is 0.787. The highest BCUT2D eigenvalue weighted by Crippen LogP contribution is 2.30. The second kappa shape index (κ2) is 4.75. The van der Waals surface area contributed by atoms with Crippen molar-refractivity contribution in [2.45, 2.75) is 31.0 Å². The van der Waals surface area contributed by atoms with Gasteiger partial charge in [0.15, 0.2) is 0 Å². The van der Waals surface area contributed by atoms with Crippen LogP contribution in [0.25, 0.3) is 0 Å². The monoisotopic (exact) mass is 269 g/mol. The lowest BCUT2D eigenvalue weighted by Gasteiger charge is -2.14. The van der Waals surface area contributed by atoms with E-state index < -0.39 is 10.0 Å². The van der Waals surface area contributed by atoms with Crippen LogP contribution in [-0.4, -0.2) is 25.5 Å². The van der Waals surface area contributed by atoms with Crippen molar-refractivity contribution >= 4 is 26.0 Å². The van der Waals surface area contributed by atoms with E-state index in [0.29, 0.717) is 17.3 Å². The molecule has 0 aliphatic heterocycles. The first-order valence-corrected chi connectivity index (χ1v) is 7.23. The van der Waals surface area contributed by atoms with Crippen molar-refractivity contribution in [1.82, 2.24) is 4.72 Å². The summed E-state index contributed by atoms with van der Waals surface area (Å²) >= 11 is 3.56. The van der Waals surface area contributed by atoms with Gasteiger partial charge in [-0.25, -0.2) is 13.1 Å². The van der Waals surface area contributed by atoms with Gasteiger partial charge in [0, 0.05) is 11.4 Å². The van der Waals surface area contributed by atoms with Crippen molar-refractivity contribution in [2.75, 3.05) is 12.3 Å². The maximum atomic E-state index is 11.1. The maximum Gasteiger partial charge on any atom is 0.211 e. The van der Waals surface area contributed by atoms with Gasteiger partial charge in [0.05, 0.1) is 5.75 Å². The summed E-state index contributed by atoms with van der Waals surface area (Å²) in [5, 5.41) is 0. The second-order valence-electron chi connectivity index (χ2n) is 3.46. The van der Waals surface area contributed by atoms with Crippen LogP contribution in [-0.2, 0) is 10.0 Å². The number of hydrogen-bond donors (Lipinski definition) is 1. The first-order valence-electron chi connectivity index (χ1n) is 4.66. The van der Waals surface area contributed by atoms with E-state index in [4.69, 9.17) is 0 Å². The molecule has 0 aromatic heterocycles. The van der Waals surface area contributed by atoms with Crippen LogP contribution >= 0.6 is 15.9 Å². The minimum absolute atomic E-state index is 0.173. The number of sulfonamides is 1. The highest BCUT2D eigenvalue weighted by Gasteiger charge is 2.25. The average Bonchev–Trinajstić information content (AvgIpc) is 2.48. The molecule has 13 heavy (non-hydrogen) atoms. The Morgan fingerprint density at radius 1 is 1.46 bits per heavy atom. The zero-order valence-corrected chi connectivity index (χ0v) is 10.2. The molecule has 0 aromatic rings. The molecule has 0 amide bonds. The van der Waals surface area contributed by atoms with Gasteiger partial charge in [-0.1, -0.05) is 22.4 Å². The fourth-order valence-electron chi connectivity index (χ4n) is 1.56. The van der Waals surface area contributed by atoms with Crippen LogP contribution in [0, 0.1) is 5.92 Å². The molecule has 1 aliphatic rings. The van der Waals surface area contributed by atoms with Crippen molar-refractivity contribution in [2.24, 2.45) is 5.92 Å². The van der Waals surface area contributed by atoms with Crippen molar-refractivity contribution in [1.29, 1.82) is 0 Å². The molecule has 1 aliphatic carbocycles. The smallest absolute Gasteiger partial charge is 0.211 e. The Kier molecular flexibility index (Phi) is 4.19. The third kappa shape index (κ3) is 3.56. The topological polar surface area (TPSA) is 46.2 Å². The summed E-state index contributed by atoms with van der Waals surface area (Å²) in [5.74, 6) is 0.647. The largest absolute Gasteiger partial charge is 0.215 e. The SMILES string of the molecule is CCS(=O)(=O)NCC1CCCC1Br. The van der Waals surface area contributed by atoms with E-state index in [0.717, 1.165) is 6.42 Å². The fraction of sp³-hybridized carbons (Fsp3) is 1.00. The van der Waals surface area contributed by atoms with Crippen LogP contribution in [0.15, 0.2) is 0 Å².